The van der Waals surface area contributed by atoms with Crippen molar-refractivity contribution in [2.45, 2.75) is 13.3 Å². The molecule has 0 saturated heterocycles. The SMILES string of the molecule is CC(Cc1ccc(O)c(O)c1Br)C(=O)Nc1nc(-c2ccccc2)cs1. The molecule has 7 heteroatoms. The Morgan fingerprint density at radius 2 is 1.96 bits per heavy atom. The van der Waals surface area contributed by atoms with Crippen LogP contribution < -0.4 is 5.32 Å². The topological polar surface area (TPSA) is 82.5 Å². The summed E-state index contributed by atoms with van der Waals surface area (Å²) in [5.74, 6) is -0.908. The molecule has 0 spiro atoms. The van der Waals surface area contributed by atoms with Crippen molar-refractivity contribution in [2.24, 2.45) is 5.92 Å². The third-order valence-electron chi connectivity index (χ3n) is 3.95. The minimum Gasteiger partial charge on any atom is -0.504 e. The largest absolute Gasteiger partial charge is 0.504 e. The summed E-state index contributed by atoms with van der Waals surface area (Å²) < 4.78 is 0.401. The van der Waals surface area contributed by atoms with Gasteiger partial charge in [0, 0.05) is 16.9 Å². The van der Waals surface area contributed by atoms with Crippen LogP contribution in [0.15, 0.2) is 52.3 Å². The van der Waals surface area contributed by atoms with Gasteiger partial charge in [-0.15, -0.1) is 11.3 Å². The standard InChI is InChI=1S/C19H17BrN2O3S/c1-11(9-13-7-8-15(23)17(24)16(13)20)18(25)22-19-21-14(10-26-19)12-5-3-2-4-6-12/h2-8,10-11,23-24H,9H2,1H3,(H,21,22,25). The van der Waals surface area contributed by atoms with Crippen LogP contribution in [-0.2, 0) is 11.2 Å². The third kappa shape index (κ3) is 4.05. The number of amides is 1. The highest BCUT2D eigenvalue weighted by molar-refractivity contribution is 9.10. The molecule has 0 fully saturated rings. The highest BCUT2D eigenvalue weighted by Gasteiger charge is 2.18. The quantitative estimate of drug-likeness (QED) is 0.505. The van der Waals surface area contributed by atoms with Gasteiger partial charge in [-0.1, -0.05) is 43.3 Å². The van der Waals surface area contributed by atoms with Gasteiger partial charge in [-0.05, 0) is 34.0 Å². The van der Waals surface area contributed by atoms with Gasteiger partial charge >= 0.3 is 0 Å². The molecule has 3 N–H and O–H groups in total. The molecule has 1 heterocycles. The molecule has 0 saturated carbocycles. The summed E-state index contributed by atoms with van der Waals surface area (Å²) in [7, 11) is 0. The molecule has 0 aliphatic carbocycles. The number of carbonyl (C=O) groups is 1. The Bertz CT molecular complexity index is 928. The number of carbonyl (C=O) groups excluding carboxylic acids is 1. The van der Waals surface area contributed by atoms with Gasteiger partial charge in [0.25, 0.3) is 0 Å². The molecule has 0 aliphatic rings. The van der Waals surface area contributed by atoms with E-state index in [2.05, 4.69) is 26.2 Å². The molecule has 1 atom stereocenters. The highest BCUT2D eigenvalue weighted by atomic mass is 79.9. The van der Waals surface area contributed by atoms with Crippen LogP contribution in [0.4, 0.5) is 5.13 Å². The van der Waals surface area contributed by atoms with Crippen molar-refractivity contribution in [2.75, 3.05) is 5.32 Å². The van der Waals surface area contributed by atoms with Crippen molar-refractivity contribution in [1.82, 2.24) is 4.98 Å². The lowest BCUT2D eigenvalue weighted by molar-refractivity contribution is -0.119. The van der Waals surface area contributed by atoms with Gasteiger partial charge in [0.05, 0.1) is 10.2 Å². The summed E-state index contributed by atoms with van der Waals surface area (Å²) in [5, 5.41) is 24.6. The first-order valence-corrected chi connectivity index (χ1v) is 9.64. The molecular formula is C19H17BrN2O3S. The van der Waals surface area contributed by atoms with Crippen LogP contribution in [0.25, 0.3) is 11.3 Å². The highest BCUT2D eigenvalue weighted by Crippen LogP contribution is 2.36. The lowest BCUT2D eigenvalue weighted by Gasteiger charge is -2.13. The molecule has 26 heavy (non-hydrogen) atoms. The Labute approximate surface area is 163 Å². The second kappa shape index (κ2) is 7.88. The first-order chi connectivity index (χ1) is 12.5. The average Bonchev–Trinajstić information content (AvgIpc) is 3.11. The number of phenols is 2. The number of phenolic OH excluding ortho intramolecular Hbond substituents is 2. The molecule has 3 rings (SSSR count). The van der Waals surface area contributed by atoms with E-state index in [1.54, 1.807) is 13.0 Å². The minimum absolute atomic E-state index is 0.154. The summed E-state index contributed by atoms with van der Waals surface area (Å²) in [6.45, 7) is 1.80. The number of anilines is 1. The van der Waals surface area contributed by atoms with Crippen LogP contribution in [0.2, 0.25) is 0 Å². The maximum Gasteiger partial charge on any atom is 0.229 e. The number of halogens is 1. The number of nitrogens with zero attached hydrogens (tertiary/aromatic N) is 1. The Morgan fingerprint density at radius 3 is 2.69 bits per heavy atom. The number of aromatic hydroxyl groups is 2. The molecule has 1 aromatic heterocycles. The molecule has 0 bridgehead atoms. The molecule has 2 aromatic carbocycles. The summed E-state index contributed by atoms with van der Waals surface area (Å²) in [5.41, 5.74) is 2.57. The van der Waals surface area contributed by atoms with E-state index in [1.165, 1.54) is 17.4 Å². The first-order valence-electron chi connectivity index (χ1n) is 7.97. The maximum atomic E-state index is 12.5. The monoisotopic (exact) mass is 432 g/mol. The third-order valence-corrected chi connectivity index (χ3v) is 5.59. The van der Waals surface area contributed by atoms with Gasteiger partial charge in [0.2, 0.25) is 5.91 Å². The smallest absolute Gasteiger partial charge is 0.229 e. The van der Waals surface area contributed by atoms with Crippen molar-refractivity contribution in [1.29, 1.82) is 0 Å². The van der Waals surface area contributed by atoms with Crippen LogP contribution in [-0.4, -0.2) is 21.1 Å². The van der Waals surface area contributed by atoms with Gasteiger partial charge in [-0.2, -0.15) is 0 Å². The van der Waals surface area contributed by atoms with Crippen LogP contribution >= 0.6 is 27.3 Å². The second-order valence-corrected chi connectivity index (χ2v) is 7.56. The van der Waals surface area contributed by atoms with Crippen LogP contribution in [0.5, 0.6) is 11.5 Å². The Balaban J connectivity index is 1.67. The predicted molar refractivity (Wildman–Crippen MR) is 107 cm³/mol. The number of thiazole rings is 1. The normalized spacial score (nSPS) is 11.9. The second-order valence-electron chi connectivity index (χ2n) is 5.90. The van der Waals surface area contributed by atoms with E-state index in [0.29, 0.717) is 16.0 Å². The van der Waals surface area contributed by atoms with E-state index in [9.17, 15) is 15.0 Å². The fraction of sp³-hybridized carbons (Fsp3) is 0.158. The fourth-order valence-electron chi connectivity index (χ4n) is 2.48. The van der Waals surface area contributed by atoms with Crippen molar-refractivity contribution in [3.8, 4) is 22.8 Å². The van der Waals surface area contributed by atoms with Gasteiger partial charge in [-0.3, -0.25) is 4.79 Å². The zero-order valence-electron chi connectivity index (χ0n) is 13.9. The molecule has 134 valence electrons. The van der Waals surface area contributed by atoms with Gasteiger partial charge in [-0.25, -0.2) is 4.98 Å². The van der Waals surface area contributed by atoms with Crippen LogP contribution in [0, 0.1) is 5.92 Å². The van der Waals surface area contributed by atoms with E-state index >= 15 is 0 Å². The zero-order valence-corrected chi connectivity index (χ0v) is 16.3. The average molecular weight is 433 g/mol. The molecule has 3 aromatic rings. The van der Waals surface area contributed by atoms with Crippen molar-refractivity contribution in [3.05, 3.63) is 57.9 Å². The Kier molecular flexibility index (Phi) is 5.58. The van der Waals surface area contributed by atoms with Gasteiger partial charge in [0.1, 0.15) is 0 Å². The van der Waals surface area contributed by atoms with Crippen molar-refractivity contribution >= 4 is 38.3 Å². The summed E-state index contributed by atoms with van der Waals surface area (Å²) >= 11 is 4.63. The van der Waals surface area contributed by atoms with Crippen molar-refractivity contribution < 1.29 is 15.0 Å². The van der Waals surface area contributed by atoms with Crippen LogP contribution in [0.3, 0.4) is 0 Å². The minimum atomic E-state index is -0.334. The summed E-state index contributed by atoms with van der Waals surface area (Å²) in [6, 6.07) is 12.9. The van der Waals surface area contributed by atoms with E-state index in [0.717, 1.165) is 16.8 Å². The van der Waals surface area contributed by atoms with Crippen LogP contribution in [0.1, 0.15) is 12.5 Å². The van der Waals surface area contributed by atoms with Gasteiger partial charge < -0.3 is 15.5 Å². The number of benzene rings is 2. The number of rotatable bonds is 5. The Hall–Kier alpha value is -2.38. The van der Waals surface area contributed by atoms with Gasteiger partial charge in [0.15, 0.2) is 16.6 Å². The van der Waals surface area contributed by atoms with Crippen molar-refractivity contribution in [3.63, 3.8) is 0 Å². The summed E-state index contributed by atoms with van der Waals surface area (Å²) in [6.07, 6.45) is 0.414. The Morgan fingerprint density at radius 1 is 1.23 bits per heavy atom. The molecule has 5 nitrogen and oxygen atoms in total. The number of nitrogens with one attached hydrogen (secondary N) is 1. The molecular weight excluding hydrogens is 416 g/mol. The zero-order chi connectivity index (χ0) is 18.7. The fourth-order valence-corrected chi connectivity index (χ4v) is 3.70. The van der Waals surface area contributed by atoms with E-state index in [-0.39, 0.29) is 23.3 Å². The molecule has 0 aliphatic heterocycles. The molecule has 1 unspecified atom stereocenters. The van der Waals surface area contributed by atoms with E-state index < -0.39 is 0 Å². The lowest BCUT2D eigenvalue weighted by atomic mass is 10.00. The number of hydrogen-bond acceptors (Lipinski definition) is 5. The predicted octanol–water partition coefficient (Wildman–Crippen LogP) is 4.80. The maximum absolute atomic E-state index is 12.5. The summed E-state index contributed by atoms with van der Waals surface area (Å²) in [4.78, 5) is 16.9. The number of aromatic nitrogens is 1. The van der Waals surface area contributed by atoms with E-state index in [1.807, 2.05) is 35.7 Å². The van der Waals surface area contributed by atoms with E-state index in [4.69, 9.17) is 0 Å². The number of hydrogen-bond donors (Lipinski definition) is 3. The molecule has 1 amide bonds. The first kappa shape index (κ1) is 18.4. The lowest BCUT2D eigenvalue weighted by Crippen LogP contribution is -2.22. The molecule has 0 radical (unpaired) electrons.